The maximum absolute atomic E-state index is 13.8. The number of benzene rings is 4. The highest BCUT2D eigenvalue weighted by molar-refractivity contribution is 6.01. The van der Waals surface area contributed by atoms with Crippen LogP contribution < -0.4 is 10.6 Å². The first-order chi connectivity index (χ1) is 24.3. The minimum Gasteiger partial charge on any atom is -0.366 e. The summed E-state index contributed by atoms with van der Waals surface area (Å²) in [4.78, 5) is 29.3. The predicted molar refractivity (Wildman–Crippen MR) is 181 cm³/mol. The summed E-state index contributed by atoms with van der Waals surface area (Å²) in [5.41, 5.74) is 2.00. The van der Waals surface area contributed by atoms with Crippen molar-refractivity contribution >= 4 is 11.8 Å². The fraction of sp³-hybridized carbons (Fsp3) is 0.333. The Kier molecular flexibility index (Phi) is 10.3. The summed E-state index contributed by atoms with van der Waals surface area (Å²) >= 11 is 0. The van der Waals surface area contributed by atoms with Crippen LogP contribution in [0.5, 0.6) is 0 Å². The van der Waals surface area contributed by atoms with Crippen LogP contribution in [0.1, 0.15) is 59.2 Å². The molecule has 1 saturated heterocycles. The number of rotatable bonds is 10. The van der Waals surface area contributed by atoms with Gasteiger partial charge in [-0.05, 0) is 83.8 Å². The van der Waals surface area contributed by atoms with Crippen LogP contribution in [0.15, 0.2) is 97.1 Å². The van der Waals surface area contributed by atoms with E-state index in [0.717, 1.165) is 23.3 Å². The van der Waals surface area contributed by atoms with Crippen LogP contribution in [-0.4, -0.2) is 59.9 Å². The quantitative estimate of drug-likeness (QED) is 0.0896. The number of likely N-dealkylation sites (tertiary alicyclic amines) is 1. The summed E-state index contributed by atoms with van der Waals surface area (Å²) in [6, 6.07) is 25.8. The van der Waals surface area contributed by atoms with E-state index in [9.17, 15) is 41.0 Å². The van der Waals surface area contributed by atoms with Crippen molar-refractivity contribution in [2.24, 2.45) is 0 Å². The van der Waals surface area contributed by atoms with Gasteiger partial charge in [-0.3, -0.25) is 9.59 Å². The zero-order valence-corrected chi connectivity index (χ0v) is 27.5. The minimum absolute atomic E-state index is 0.104. The molecule has 12 heteroatoms. The van der Waals surface area contributed by atoms with E-state index < -0.39 is 35.5 Å². The van der Waals surface area contributed by atoms with Crippen molar-refractivity contribution in [3.05, 3.63) is 119 Å². The lowest BCUT2D eigenvalue weighted by Crippen LogP contribution is -2.52. The molecule has 4 aromatic rings. The molecule has 51 heavy (non-hydrogen) atoms. The van der Waals surface area contributed by atoms with Gasteiger partial charge in [-0.1, -0.05) is 85.3 Å². The first-order valence-electron chi connectivity index (χ1n) is 16.8. The highest BCUT2D eigenvalue weighted by atomic mass is 19.4. The Bertz CT molecular complexity index is 1820. The van der Waals surface area contributed by atoms with Crippen molar-refractivity contribution in [3.8, 4) is 22.3 Å². The molecule has 268 valence electrons. The van der Waals surface area contributed by atoms with Crippen LogP contribution in [0.4, 0.5) is 26.3 Å². The van der Waals surface area contributed by atoms with Crippen molar-refractivity contribution in [2.75, 3.05) is 19.6 Å². The monoisotopic (exact) mass is 709 g/mol. The van der Waals surface area contributed by atoms with Crippen LogP contribution in [-0.2, 0) is 16.4 Å². The van der Waals surface area contributed by atoms with Gasteiger partial charge in [-0.2, -0.15) is 26.3 Å². The lowest BCUT2D eigenvalue weighted by molar-refractivity contribution is -0.214. The molecule has 6 rings (SSSR count). The standard InChI is InChI=1S/C39H37F6N3O3/c40-38(41,42)26-17-15-25(16-18-26)28-9-1-2-12-31(28)34(49)46-27-19-23-48(24-20-27)22-8-7-21-37(35(50)47-36(51)39(43,44)45)32-13-5-3-10-29(32)30-11-4-6-14-33(30)37/h1-6,9-18,27,36,51H,7-8,19-24H2,(H,46,49)(H,47,50). The third kappa shape index (κ3) is 7.52. The second-order valence-electron chi connectivity index (χ2n) is 13.1. The molecule has 0 saturated carbocycles. The molecule has 2 amide bonds. The highest BCUT2D eigenvalue weighted by Crippen LogP contribution is 2.51. The van der Waals surface area contributed by atoms with E-state index in [2.05, 4.69) is 10.2 Å². The number of halogens is 6. The van der Waals surface area contributed by atoms with Crippen LogP contribution in [0, 0.1) is 0 Å². The average molecular weight is 710 g/mol. The first-order valence-corrected chi connectivity index (χ1v) is 16.8. The number of alkyl halides is 6. The average Bonchev–Trinajstić information content (AvgIpc) is 3.40. The molecule has 1 aliphatic carbocycles. The number of unbranched alkanes of at least 4 members (excludes halogenated alkanes) is 1. The van der Waals surface area contributed by atoms with Crippen molar-refractivity contribution in [3.63, 3.8) is 0 Å². The lowest BCUT2D eigenvalue weighted by Gasteiger charge is -2.34. The van der Waals surface area contributed by atoms with Gasteiger partial charge in [-0.25, -0.2) is 0 Å². The third-order valence-corrected chi connectivity index (χ3v) is 9.92. The number of carbonyl (C=O) groups excluding carboxylic acids is 2. The number of nitrogens with one attached hydrogen (secondary N) is 2. The van der Waals surface area contributed by atoms with Crippen LogP contribution in [0.2, 0.25) is 0 Å². The first kappa shape index (κ1) is 36.1. The minimum atomic E-state index is -5.02. The number of hydrogen-bond acceptors (Lipinski definition) is 4. The number of nitrogens with zero attached hydrogens (tertiary/aromatic N) is 1. The van der Waals surface area contributed by atoms with Crippen molar-refractivity contribution < 1.29 is 41.0 Å². The molecule has 1 fully saturated rings. The van der Waals surface area contributed by atoms with Gasteiger partial charge in [0.15, 0.2) is 0 Å². The summed E-state index contributed by atoms with van der Waals surface area (Å²) in [5.74, 6) is -1.21. The molecule has 0 bridgehead atoms. The Morgan fingerprint density at radius 2 is 1.31 bits per heavy atom. The maximum Gasteiger partial charge on any atom is 0.433 e. The normalized spacial score (nSPS) is 16.6. The van der Waals surface area contributed by atoms with E-state index in [1.165, 1.54) is 12.1 Å². The zero-order valence-electron chi connectivity index (χ0n) is 27.5. The largest absolute Gasteiger partial charge is 0.433 e. The Morgan fingerprint density at radius 3 is 1.88 bits per heavy atom. The van der Waals surface area contributed by atoms with Gasteiger partial charge in [0.25, 0.3) is 5.91 Å². The van der Waals surface area contributed by atoms with Gasteiger partial charge in [0.1, 0.15) is 5.41 Å². The number of carbonyl (C=O) groups is 2. The molecule has 0 radical (unpaired) electrons. The van der Waals surface area contributed by atoms with E-state index in [0.29, 0.717) is 73.1 Å². The van der Waals surface area contributed by atoms with E-state index in [-0.39, 0.29) is 18.4 Å². The van der Waals surface area contributed by atoms with E-state index in [1.807, 2.05) is 29.6 Å². The van der Waals surface area contributed by atoms with Crippen LogP contribution >= 0.6 is 0 Å². The van der Waals surface area contributed by atoms with Gasteiger partial charge in [0.05, 0.1) is 5.56 Å². The molecule has 2 aliphatic rings. The van der Waals surface area contributed by atoms with Gasteiger partial charge in [0.2, 0.25) is 12.1 Å². The van der Waals surface area contributed by atoms with Crippen LogP contribution in [0.3, 0.4) is 0 Å². The number of aliphatic hydroxyl groups excluding tert-OH is 1. The van der Waals surface area contributed by atoms with Crippen LogP contribution in [0.25, 0.3) is 22.3 Å². The number of fused-ring (bicyclic) bond motifs is 3. The SMILES string of the molecule is O=C(NC1CCN(CCCCC2(C(=O)NC(O)C(F)(F)F)c3ccccc3-c3ccccc32)CC1)c1ccccc1-c1ccc(C(F)(F)F)cc1. The molecule has 0 aromatic heterocycles. The van der Waals surface area contributed by atoms with Crippen molar-refractivity contribution in [1.82, 2.24) is 15.5 Å². The molecular weight excluding hydrogens is 672 g/mol. The molecule has 4 aromatic carbocycles. The van der Waals surface area contributed by atoms with Crippen molar-refractivity contribution in [1.29, 1.82) is 0 Å². The summed E-state index contributed by atoms with van der Waals surface area (Å²) < 4.78 is 79.1. The smallest absolute Gasteiger partial charge is 0.366 e. The molecule has 1 aliphatic heterocycles. The van der Waals surface area contributed by atoms with E-state index in [1.54, 1.807) is 48.5 Å². The van der Waals surface area contributed by atoms with Gasteiger partial charge in [-0.15, -0.1) is 0 Å². The second-order valence-corrected chi connectivity index (χ2v) is 13.1. The number of hydrogen-bond donors (Lipinski definition) is 3. The van der Waals surface area contributed by atoms with Crippen molar-refractivity contribution in [2.45, 2.75) is 62.1 Å². The number of amides is 2. The molecular formula is C39H37F6N3O3. The van der Waals surface area contributed by atoms with Gasteiger partial charge >= 0.3 is 12.4 Å². The topological polar surface area (TPSA) is 81.7 Å². The van der Waals surface area contributed by atoms with Gasteiger partial charge in [0, 0.05) is 24.7 Å². The summed E-state index contributed by atoms with van der Waals surface area (Å²) in [7, 11) is 0. The third-order valence-electron chi connectivity index (χ3n) is 9.92. The Labute approximate surface area is 291 Å². The Balaban J connectivity index is 1.06. The summed E-state index contributed by atoms with van der Waals surface area (Å²) in [6.45, 7) is 2.07. The molecule has 6 nitrogen and oxygen atoms in total. The molecule has 1 unspecified atom stereocenters. The van der Waals surface area contributed by atoms with E-state index in [4.69, 9.17) is 0 Å². The lowest BCUT2D eigenvalue weighted by atomic mass is 9.73. The molecule has 3 N–H and O–H groups in total. The summed E-state index contributed by atoms with van der Waals surface area (Å²) in [6.07, 6.45) is -9.69. The highest BCUT2D eigenvalue weighted by Gasteiger charge is 2.51. The maximum atomic E-state index is 13.8. The predicted octanol–water partition coefficient (Wildman–Crippen LogP) is 7.70. The molecule has 1 atom stereocenters. The van der Waals surface area contributed by atoms with E-state index >= 15 is 0 Å². The number of aliphatic hydroxyl groups is 1. The second kappa shape index (κ2) is 14.5. The number of piperidine rings is 1. The zero-order chi connectivity index (χ0) is 36.4. The Morgan fingerprint density at radius 1 is 0.765 bits per heavy atom. The van der Waals surface area contributed by atoms with Gasteiger partial charge < -0.3 is 20.6 Å². The fourth-order valence-electron chi connectivity index (χ4n) is 7.34. The molecule has 0 spiro atoms. The Hall–Kier alpha value is -4.68. The summed E-state index contributed by atoms with van der Waals surface area (Å²) in [5, 5.41) is 14.7. The molecule has 1 heterocycles. The fourth-order valence-corrected chi connectivity index (χ4v) is 7.34.